The van der Waals surface area contributed by atoms with Gasteiger partial charge in [0.1, 0.15) is 5.82 Å². The van der Waals surface area contributed by atoms with E-state index in [2.05, 4.69) is 15.9 Å². The van der Waals surface area contributed by atoms with Crippen molar-refractivity contribution < 1.29 is 4.39 Å². The van der Waals surface area contributed by atoms with Gasteiger partial charge in [-0.05, 0) is 36.6 Å². The van der Waals surface area contributed by atoms with E-state index in [1.165, 1.54) is 11.6 Å². The summed E-state index contributed by atoms with van der Waals surface area (Å²) in [4.78, 5) is 0. The van der Waals surface area contributed by atoms with Crippen molar-refractivity contribution in [1.82, 2.24) is 0 Å². The number of halogens is 2. The van der Waals surface area contributed by atoms with Crippen molar-refractivity contribution in [2.45, 2.75) is 19.4 Å². The van der Waals surface area contributed by atoms with E-state index in [4.69, 9.17) is 5.73 Å². The van der Waals surface area contributed by atoms with Crippen LogP contribution < -0.4 is 5.73 Å². The van der Waals surface area contributed by atoms with Gasteiger partial charge in [0, 0.05) is 16.1 Å². The van der Waals surface area contributed by atoms with Gasteiger partial charge in [-0.3, -0.25) is 0 Å². The van der Waals surface area contributed by atoms with E-state index in [0.717, 1.165) is 10.0 Å². The van der Waals surface area contributed by atoms with Crippen LogP contribution in [0.1, 0.15) is 22.7 Å². The molecule has 3 heteroatoms. The van der Waals surface area contributed by atoms with Gasteiger partial charge in [0.25, 0.3) is 0 Å². The second kappa shape index (κ2) is 5.63. The van der Waals surface area contributed by atoms with Gasteiger partial charge in [-0.15, -0.1) is 0 Å². The maximum absolute atomic E-state index is 13.8. The van der Waals surface area contributed by atoms with E-state index in [1.54, 1.807) is 6.07 Å². The van der Waals surface area contributed by atoms with Crippen LogP contribution in [-0.2, 0) is 6.42 Å². The fourth-order valence-electron chi connectivity index (χ4n) is 2.04. The van der Waals surface area contributed by atoms with Gasteiger partial charge in [-0.25, -0.2) is 4.39 Å². The topological polar surface area (TPSA) is 26.0 Å². The van der Waals surface area contributed by atoms with Crippen LogP contribution in [0.5, 0.6) is 0 Å². The Kier molecular flexibility index (Phi) is 4.15. The third-order valence-corrected chi connectivity index (χ3v) is 3.76. The van der Waals surface area contributed by atoms with Crippen molar-refractivity contribution in [3.8, 4) is 0 Å². The number of aryl methyl sites for hydroxylation is 1. The summed E-state index contributed by atoms with van der Waals surface area (Å²) in [6, 6.07) is 12.6. The molecule has 2 aromatic carbocycles. The SMILES string of the molecule is Cc1ccccc1CC(N)c1c(F)cccc1Br. The zero-order valence-electron chi connectivity index (χ0n) is 10.2. The lowest BCUT2D eigenvalue weighted by Crippen LogP contribution is -2.16. The van der Waals surface area contributed by atoms with Crippen molar-refractivity contribution in [2.75, 3.05) is 0 Å². The van der Waals surface area contributed by atoms with E-state index in [9.17, 15) is 4.39 Å². The standard InChI is InChI=1S/C15H15BrFN/c1-10-5-2-3-6-11(10)9-14(18)15-12(16)7-4-8-13(15)17/h2-8,14H,9,18H2,1H3. The van der Waals surface area contributed by atoms with Crippen molar-refractivity contribution in [2.24, 2.45) is 5.73 Å². The van der Waals surface area contributed by atoms with Crippen LogP contribution in [0.4, 0.5) is 4.39 Å². The molecule has 2 aromatic rings. The highest BCUT2D eigenvalue weighted by atomic mass is 79.9. The largest absolute Gasteiger partial charge is 0.324 e. The molecule has 0 aromatic heterocycles. The molecule has 1 atom stereocenters. The first-order valence-electron chi connectivity index (χ1n) is 5.83. The minimum absolute atomic E-state index is 0.259. The maximum atomic E-state index is 13.8. The van der Waals surface area contributed by atoms with E-state index in [1.807, 2.05) is 37.3 Å². The highest BCUT2D eigenvalue weighted by Gasteiger charge is 2.15. The molecule has 0 heterocycles. The summed E-state index contributed by atoms with van der Waals surface area (Å²) in [6.45, 7) is 2.04. The molecule has 1 nitrogen and oxygen atoms in total. The van der Waals surface area contributed by atoms with Gasteiger partial charge in [-0.1, -0.05) is 46.3 Å². The molecule has 2 rings (SSSR count). The third kappa shape index (κ3) is 2.79. The second-order valence-corrected chi connectivity index (χ2v) is 5.23. The lowest BCUT2D eigenvalue weighted by molar-refractivity contribution is 0.577. The summed E-state index contributed by atoms with van der Waals surface area (Å²) >= 11 is 3.36. The molecule has 0 saturated carbocycles. The molecule has 0 bridgehead atoms. The monoisotopic (exact) mass is 307 g/mol. The van der Waals surface area contributed by atoms with Gasteiger partial charge in [0.05, 0.1) is 0 Å². The first-order valence-corrected chi connectivity index (χ1v) is 6.63. The molecule has 2 N–H and O–H groups in total. The average molecular weight is 308 g/mol. The Morgan fingerprint density at radius 2 is 1.89 bits per heavy atom. The highest BCUT2D eigenvalue weighted by Crippen LogP contribution is 2.27. The molecule has 0 aliphatic rings. The Morgan fingerprint density at radius 3 is 2.56 bits per heavy atom. The Hall–Kier alpha value is -1.19. The van der Waals surface area contributed by atoms with Gasteiger partial charge in [0.15, 0.2) is 0 Å². The average Bonchev–Trinajstić information content (AvgIpc) is 2.32. The minimum Gasteiger partial charge on any atom is -0.324 e. The molecule has 0 amide bonds. The van der Waals surface area contributed by atoms with Crippen molar-refractivity contribution >= 4 is 15.9 Å². The number of nitrogens with two attached hydrogens (primary N) is 1. The van der Waals surface area contributed by atoms with Gasteiger partial charge < -0.3 is 5.73 Å². The predicted octanol–water partition coefficient (Wildman–Crippen LogP) is 4.14. The molecule has 94 valence electrons. The maximum Gasteiger partial charge on any atom is 0.129 e. The van der Waals surface area contributed by atoms with Crippen molar-refractivity contribution in [3.05, 3.63) is 69.4 Å². The van der Waals surface area contributed by atoms with Crippen LogP contribution in [-0.4, -0.2) is 0 Å². The van der Waals surface area contributed by atoms with Crippen LogP contribution in [0.3, 0.4) is 0 Å². The molecule has 0 fully saturated rings. The molecular formula is C15H15BrFN. The third-order valence-electron chi connectivity index (χ3n) is 3.07. The van der Waals surface area contributed by atoms with Crippen LogP contribution in [0.2, 0.25) is 0 Å². The first-order chi connectivity index (χ1) is 8.59. The molecule has 1 unspecified atom stereocenters. The van der Waals surface area contributed by atoms with Crippen LogP contribution in [0, 0.1) is 12.7 Å². The molecule has 0 saturated heterocycles. The van der Waals surface area contributed by atoms with E-state index >= 15 is 0 Å². The number of rotatable bonds is 3. The van der Waals surface area contributed by atoms with Gasteiger partial charge in [-0.2, -0.15) is 0 Å². The normalized spacial score (nSPS) is 12.4. The number of hydrogen-bond donors (Lipinski definition) is 1. The van der Waals surface area contributed by atoms with E-state index < -0.39 is 0 Å². The van der Waals surface area contributed by atoms with E-state index in [-0.39, 0.29) is 11.9 Å². The molecule has 0 radical (unpaired) electrons. The smallest absolute Gasteiger partial charge is 0.129 e. The van der Waals surface area contributed by atoms with Gasteiger partial charge in [0.2, 0.25) is 0 Å². The summed E-state index contributed by atoms with van der Waals surface area (Å²) in [5.41, 5.74) is 9.00. The Bertz CT molecular complexity index is 534. The first kappa shape index (κ1) is 13.2. The summed E-state index contributed by atoms with van der Waals surface area (Å²) in [7, 11) is 0. The van der Waals surface area contributed by atoms with Crippen molar-refractivity contribution in [1.29, 1.82) is 0 Å². The summed E-state index contributed by atoms with van der Waals surface area (Å²) < 4.78 is 14.5. The molecule has 0 aliphatic heterocycles. The minimum atomic E-state index is -0.346. The highest BCUT2D eigenvalue weighted by molar-refractivity contribution is 9.10. The molecular weight excluding hydrogens is 293 g/mol. The molecule has 0 spiro atoms. The quantitative estimate of drug-likeness (QED) is 0.906. The predicted molar refractivity (Wildman–Crippen MR) is 75.9 cm³/mol. The van der Waals surface area contributed by atoms with Gasteiger partial charge >= 0.3 is 0 Å². The Balaban J connectivity index is 2.28. The summed E-state index contributed by atoms with van der Waals surface area (Å²) in [6.07, 6.45) is 0.631. The second-order valence-electron chi connectivity index (χ2n) is 4.37. The zero-order chi connectivity index (χ0) is 13.1. The number of hydrogen-bond acceptors (Lipinski definition) is 1. The number of benzene rings is 2. The summed E-state index contributed by atoms with van der Waals surface area (Å²) in [5.74, 6) is -0.259. The van der Waals surface area contributed by atoms with Crippen LogP contribution >= 0.6 is 15.9 Å². The van der Waals surface area contributed by atoms with Crippen molar-refractivity contribution in [3.63, 3.8) is 0 Å². The molecule has 0 aliphatic carbocycles. The molecule has 18 heavy (non-hydrogen) atoms. The Labute approximate surface area is 115 Å². The lowest BCUT2D eigenvalue weighted by Gasteiger charge is -2.16. The van der Waals surface area contributed by atoms with E-state index in [0.29, 0.717) is 12.0 Å². The lowest BCUT2D eigenvalue weighted by atomic mass is 9.96. The zero-order valence-corrected chi connectivity index (χ0v) is 11.7. The fourth-order valence-corrected chi connectivity index (χ4v) is 2.68. The fraction of sp³-hybridized carbons (Fsp3) is 0.200. The van der Waals surface area contributed by atoms with Crippen LogP contribution in [0.15, 0.2) is 46.9 Å². The van der Waals surface area contributed by atoms with Crippen LogP contribution in [0.25, 0.3) is 0 Å². The Morgan fingerprint density at radius 1 is 1.17 bits per heavy atom. The summed E-state index contributed by atoms with van der Waals surface area (Å²) in [5, 5.41) is 0.